The van der Waals surface area contributed by atoms with Gasteiger partial charge in [-0.15, -0.1) is 0 Å². The van der Waals surface area contributed by atoms with Crippen LogP contribution in [0.2, 0.25) is 0 Å². The van der Waals surface area contributed by atoms with E-state index in [0.717, 1.165) is 35.9 Å². The van der Waals surface area contributed by atoms with E-state index in [1.54, 1.807) is 24.1 Å². The molecule has 0 radical (unpaired) electrons. The Hall–Kier alpha value is -3.35. The Balaban J connectivity index is 1.35. The van der Waals surface area contributed by atoms with Crippen LogP contribution in [0.25, 0.3) is 5.69 Å². The summed E-state index contributed by atoms with van der Waals surface area (Å²) in [7, 11) is 1.63. The van der Waals surface area contributed by atoms with Gasteiger partial charge in [-0.3, -0.25) is 4.79 Å². The van der Waals surface area contributed by atoms with E-state index < -0.39 is 0 Å². The van der Waals surface area contributed by atoms with E-state index in [-0.39, 0.29) is 5.91 Å². The number of methoxy groups -OCH3 is 1. The fraction of sp³-hybridized carbons (Fsp3) is 0.286. The van der Waals surface area contributed by atoms with E-state index in [4.69, 9.17) is 4.74 Å². The van der Waals surface area contributed by atoms with Crippen molar-refractivity contribution < 1.29 is 9.53 Å². The monoisotopic (exact) mass is 377 g/mol. The van der Waals surface area contributed by atoms with Crippen LogP contribution in [0, 0.1) is 0 Å². The van der Waals surface area contributed by atoms with Gasteiger partial charge >= 0.3 is 0 Å². The molecule has 1 amide bonds. The second-order valence-electron chi connectivity index (χ2n) is 6.75. The molecule has 3 heterocycles. The number of hydrogen-bond donors (Lipinski definition) is 1. The van der Waals surface area contributed by atoms with Crippen molar-refractivity contribution in [3.8, 4) is 11.4 Å². The molecule has 4 rings (SSSR count). The van der Waals surface area contributed by atoms with Gasteiger partial charge in [-0.1, -0.05) is 6.07 Å². The van der Waals surface area contributed by atoms with E-state index in [0.29, 0.717) is 12.2 Å². The van der Waals surface area contributed by atoms with Gasteiger partial charge in [0.15, 0.2) is 5.69 Å². The number of nitrogens with one attached hydrogen (secondary N) is 1. The van der Waals surface area contributed by atoms with Crippen molar-refractivity contribution in [1.82, 2.24) is 20.1 Å². The topological polar surface area (TPSA) is 72.3 Å². The van der Waals surface area contributed by atoms with Gasteiger partial charge < -0.3 is 15.0 Å². The predicted molar refractivity (Wildman–Crippen MR) is 107 cm³/mol. The largest absolute Gasteiger partial charge is 0.497 e. The molecule has 3 aromatic rings. The zero-order valence-electron chi connectivity index (χ0n) is 15.8. The molecule has 1 N–H and O–H groups in total. The number of anilines is 1. The first kappa shape index (κ1) is 18.0. The molecular weight excluding hydrogens is 354 g/mol. The molecule has 0 spiro atoms. The summed E-state index contributed by atoms with van der Waals surface area (Å²) < 4.78 is 6.82. The number of amides is 1. The Morgan fingerprint density at radius 3 is 2.57 bits per heavy atom. The van der Waals surface area contributed by atoms with Crippen molar-refractivity contribution in [2.45, 2.75) is 19.4 Å². The van der Waals surface area contributed by atoms with Crippen LogP contribution in [0.15, 0.2) is 54.9 Å². The Labute approximate surface area is 164 Å². The number of aromatic nitrogens is 3. The molecule has 7 heteroatoms. The summed E-state index contributed by atoms with van der Waals surface area (Å²) in [5.41, 5.74) is 2.20. The van der Waals surface area contributed by atoms with E-state index in [1.165, 1.54) is 12.8 Å². The third-order valence-corrected chi connectivity index (χ3v) is 4.85. The Morgan fingerprint density at radius 2 is 1.89 bits per heavy atom. The number of ether oxygens (including phenoxy) is 1. The van der Waals surface area contributed by atoms with E-state index in [1.807, 2.05) is 42.6 Å². The SMILES string of the molecule is COc1ccc(-n2ccc(C(=O)NCc3ccc(N4CCCC4)nc3)n2)cc1. The number of benzene rings is 1. The Kier molecular flexibility index (Phi) is 5.23. The highest BCUT2D eigenvalue weighted by Gasteiger charge is 2.14. The second kappa shape index (κ2) is 8.12. The standard InChI is InChI=1S/C21H23N5O2/c1-28-18-7-5-17(6-8-18)26-13-10-19(24-26)21(27)23-15-16-4-9-20(22-14-16)25-11-2-3-12-25/h4-10,13-14H,2-3,11-12,15H2,1H3,(H,23,27). The minimum Gasteiger partial charge on any atom is -0.497 e. The first-order valence-electron chi connectivity index (χ1n) is 9.41. The summed E-state index contributed by atoms with van der Waals surface area (Å²) in [6.07, 6.45) is 6.04. The maximum Gasteiger partial charge on any atom is 0.272 e. The minimum atomic E-state index is -0.212. The summed E-state index contributed by atoms with van der Waals surface area (Å²) in [6.45, 7) is 2.56. The molecule has 1 saturated heterocycles. The van der Waals surface area contributed by atoms with Gasteiger partial charge in [-0.25, -0.2) is 9.67 Å². The first-order chi connectivity index (χ1) is 13.7. The zero-order chi connectivity index (χ0) is 19.3. The Morgan fingerprint density at radius 1 is 1.11 bits per heavy atom. The summed E-state index contributed by atoms with van der Waals surface area (Å²) >= 11 is 0. The molecule has 2 aromatic heterocycles. The van der Waals surface area contributed by atoms with Gasteiger partial charge in [0.1, 0.15) is 11.6 Å². The molecule has 7 nitrogen and oxygen atoms in total. The normalized spacial score (nSPS) is 13.5. The summed E-state index contributed by atoms with van der Waals surface area (Å²) in [5, 5.41) is 7.26. The third kappa shape index (κ3) is 3.98. The molecule has 0 atom stereocenters. The number of rotatable bonds is 6. The summed E-state index contributed by atoms with van der Waals surface area (Å²) in [4.78, 5) is 19.2. The fourth-order valence-electron chi connectivity index (χ4n) is 3.25. The lowest BCUT2D eigenvalue weighted by atomic mass is 10.2. The Bertz CT molecular complexity index is 928. The lowest BCUT2D eigenvalue weighted by Gasteiger charge is -2.16. The highest BCUT2D eigenvalue weighted by molar-refractivity contribution is 5.92. The summed E-state index contributed by atoms with van der Waals surface area (Å²) in [6, 6.07) is 13.2. The summed E-state index contributed by atoms with van der Waals surface area (Å²) in [5.74, 6) is 1.57. The molecular formula is C21H23N5O2. The van der Waals surface area contributed by atoms with Crippen molar-refractivity contribution in [1.29, 1.82) is 0 Å². The number of carbonyl (C=O) groups excluding carboxylic acids is 1. The van der Waals surface area contributed by atoms with Crippen LogP contribution in [0.4, 0.5) is 5.82 Å². The third-order valence-electron chi connectivity index (χ3n) is 4.85. The van der Waals surface area contributed by atoms with Gasteiger partial charge in [0.25, 0.3) is 5.91 Å². The predicted octanol–water partition coefficient (Wildman–Crippen LogP) is 2.81. The first-order valence-corrected chi connectivity index (χ1v) is 9.41. The van der Waals surface area contributed by atoms with Crippen molar-refractivity contribution in [2.75, 3.05) is 25.1 Å². The van der Waals surface area contributed by atoms with E-state index in [9.17, 15) is 4.79 Å². The van der Waals surface area contributed by atoms with Crippen molar-refractivity contribution in [2.24, 2.45) is 0 Å². The van der Waals surface area contributed by atoms with E-state index >= 15 is 0 Å². The molecule has 1 aromatic carbocycles. The smallest absolute Gasteiger partial charge is 0.272 e. The molecule has 144 valence electrons. The molecule has 0 unspecified atom stereocenters. The number of nitrogens with zero attached hydrogens (tertiary/aromatic N) is 4. The lowest BCUT2D eigenvalue weighted by molar-refractivity contribution is 0.0945. The van der Waals surface area contributed by atoms with Crippen LogP contribution in [-0.4, -0.2) is 40.9 Å². The molecule has 0 saturated carbocycles. The second-order valence-corrected chi connectivity index (χ2v) is 6.75. The minimum absolute atomic E-state index is 0.212. The van der Waals surface area contributed by atoms with Gasteiger partial charge in [0.2, 0.25) is 0 Å². The number of pyridine rings is 1. The quantitative estimate of drug-likeness (QED) is 0.715. The van der Waals surface area contributed by atoms with Crippen LogP contribution in [0.1, 0.15) is 28.9 Å². The zero-order valence-corrected chi connectivity index (χ0v) is 15.8. The highest BCUT2D eigenvalue weighted by atomic mass is 16.5. The van der Waals surface area contributed by atoms with Crippen LogP contribution in [-0.2, 0) is 6.54 Å². The van der Waals surface area contributed by atoms with Gasteiger partial charge in [-0.05, 0) is 54.8 Å². The van der Waals surface area contributed by atoms with Crippen LogP contribution >= 0.6 is 0 Å². The van der Waals surface area contributed by atoms with Gasteiger partial charge in [0.05, 0.1) is 12.8 Å². The van der Waals surface area contributed by atoms with Crippen LogP contribution in [0.5, 0.6) is 5.75 Å². The number of hydrogen-bond acceptors (Lipinski definition) is 5. The van der Waals surface area contributed by atoms with Crippen molar-refractivity contribution in [3.05, 3.63) is 66.1 Å². The lowest BCUT2D eigenvalue weighted by Crippen LogP contribution is -2.24. The molecule has 28 heavy (non-hydrogen) atoms. The molecule has 0 aliphatic carbocycles. The van der Waals surface area contributed by atoms with Crippen LogP contribution < -0.4 is 15.0 Å². The van der Waals surface area contributed by atoms with E-state index in [2.05, 4.69) is 20.3 Å². The van der Waals surface area contributed by atoms with Crippen molar-refractivity contribution >= 4 is 11.7 Å². The molecule has 1 aliphatic rings. The number of carbonyl (C=O) groups is 1. The van der Waals surface area contributed by atoms with Gasteiger partial charge in [-0.2, -0.15) is 5.10 Å². The highest BCUT2D eigenvalue weighted by Crippen LogP contribution is 2.18. The maximum absolute atomic E-state index is 12.4. The van der Waals surface area contributed by atoms with Crippen molar-refractivity contribution in [3.63, 3.8) is 0 Å². The van der Waals surface area contributed by atoms with Crippen LogP contribution in [0.3, 0.4) is 0 Å². The molecule has 1 fully saturated rings. The maximum atomic E-state index is 12.4. The van der Waals surface area contributed by atoms with Gasteiger partial charge in [0, 0.05) is 32.0 Å². The average Bonchev–Trinajstić information content (AvgIpc) is 3.45. The molecule has 0 bridgehead atoms. The molecule has 1 aliphatic heterocycles. The fourth-order valence-corrected chi connectivity index (χ4v) is 3.25. The average molecular weight is 377 g/mol.